The third kappa shape index (κ3) is 5.02. The van der Waals surface area contributed by atoms with E-state index < -0.39 is 5.60 Å². The summed E-state index contributed by atoms with van der Waals surface area (Å²) >= 11 is 1.31. The Hall–Kier alpha value is -3.50. The number of likely N-dealkylation sites (tertiary alicyclic amines) is 1. The third-order valence-electron chi connectivity index (χ3n) is 5.53. The minimum atomic E-state index is -1.06. The zero-order valence-corrected chi connectivity index (χ0v) is 20.0. The fourth-order valence-electron chi connectivity index (χ4n) is 3.73. The maximum absolute atomic E-state index is 12.3. The normalized spacial score (nSPS) is 16.2. The molecule has 10 heteroatoms. The van der Waals surface area contributed by atoms with Crippen LogP contribution in [0.1, 0.15) is 43.3 Å². The molecule has 0 radical (unpaired) electrons. The minimum absolute atomic E-state index is 0.0281. The second kappa shape index (κ2) is 9.03. The number of nitrogen functional groups attached to an aromatic ring is 1. The van der Waals surface area contributed by atoms with E-state index in [2.05, 4.69) is 10.2 Å². The summed E-state index contributed by atoms with van der Waals surface area (Å²) in [6, 6.07) is 10.2. The molecule has 1 atom stereocenters. The van der Waals surface area contributed by atoms with Gasteiger partial charge in [-0.2, -0.15) is 0 Å². The van der Waals surface area contributed by atoms with Crippen molar-refractivity contribution in [3.05, 3.63) is 52.5 Å². The van der Waals surface area contributed by atoms with Crippen LogP contribution in [0.3, 0.4) is 0 Å². The Morgan fingerprint density at radius 3 is 2.56 bits per heavy atom. The molecule has 2 aromatic carbocycles. The largest absolute Gasteiger partial charge is 0.507 e. The molecule has 1 amide bonds. The zero-order valence-electron chi connectivity index (χ0n) is 19.2. The quantitative estimate of drug-likeness (QED) is 0.298. The van der Waals surface area contributed by atoms with Gasteiger partial charge in [-0.05, 0) is 56.2 Å². The van der Waals surface area contributed by atoms with Gasteiger partial charge in [0.15, 0.2) is 0 Å². The monoisotopic (exact) mass is 481 g/mol. The van der Waals surface area contributed by atoms with Gasteiger partial charge in [-0.25, -0.2) is 0 Å². The summed E-state index contributed by atoms with van der Waals surface area (Å²) in [7, 11) is 0. The standard InChI is InChI=1S/C24H27N5O4S/c1-13-8-20(31)29(11-13)12-17-18(30)9-15(21(25)26)10-19(17)33-16-6-4-14(5-7-16)22-27-28-23(34-22)24(2,3)32/h4-7,9-10,13,30,32H,8,11-12H2,1-3H3,(H3,25,26). The number of hydrogen-bond donors (Lipinski definition) is 4. The van der Waals surface area contributed by atoms with Crippen LogP contribution in [0.25, 0.3) is 10.6 Å². The number of carbonyl (C=O) groups is 1. The molecule has 1 aliphatic rings. The number of benzene rings is 2. The second-order valence-electron chi connectivity index (χ2n) is 9.07. The lowest BCUT2D eigenvalue weighted by Gasteiger charge is -2.20. The second-order valence-corrected chi connectivity index (χ2v) is 10.0. The van der Waals surface area contributed by atoms with Crippen molar-refractivity contribution in [2.75, 3.05) is 6.54 Å². The number of aliphatic hydroxyl groups is 1. The van der Waals surface area contributed by atoms with Gasteiger partial charge < -0.3 is 25.6 Å². The highest BCUT2D eigenvalue weighted by Crippen LogP contribution is 2.36. The van der Waals surface area contributed by atoms with Gasteiger partial charge >= 0.3 is 0 Å². The summed E-state index contributed by atoms with van der Waals surface area (Å²) < 4.78 is 6.08. The van der Waals surface area contributed by atoms with Crippen LogP contribution in [-0.4, -0.2) is 43.6 Å². The molecule has 1 fully saturated rings. The van der Waals surface area contributed by atoms with Gasteiger partial charge in [0, 0.05) is 24.1 Å². The number of aromatic nitrogens is 2. The molecule has 9 nitrogen and oxygen atoms in total. The average Bonchev–Trinajstić information content (AvgIpc) is 3.37. The lowest BCUT2D eigenvalue weighted by atomic mass is 10.1. The highest BCUT2D eigenvalue weighted by atomic mass is 32.1. The fraction of sp³-hybridized carbons (Fsp3) is 0.333. The van der Waals surface area contributed by atoms with Crippen LogP contribution in [0.15, 0.2) is 36.4 Å². The molecule has 1 aromatic heterocycles. The van der Waals surface area contributed by atoms with E-state index >= 15 is 0 Å². The van der Waals surface area contributed by atoms with E-state index in [1.165, 1.54) is 17.4 Å². The van der Waals surface area contributed by atoms with E-state index in [4.69, 9.17) is 15.9 Å². The number of nitrogens with one attached hydrogen (secondary N) is 1. The fourth-order valence-corrected chi connectivity index (χ4v) is 4.58. The van der Waals surface area contributed by atoms with Crippen LogP contribution in [0.4, 0.5) is 0 Å². The van der Waals surface area contributed by atoms with Crippen molar-refractivity contribution in [2.24, 2.45) is 11.7 Å². The first-order chi connectivity index (χ1) is 16.0. The van der Waals surface area contributed by atoms with Crippen molar-refractivity contribution in [1.29, 1.82) is 5.41 Å². The molecule has 34 heavy (non-hydrogen) atoms. The Morgan fingerprint density at radius 2 is 2.00 bits per heavy atom. The maximum Gasteiger partial charge on any atom is 0.223 e. The smallest absolute Gasteiger partial charge is 0.223 e. The maximum atomic E-state index is 12.3. The number of hydrogen-bond acceptors (Lipinski definition) is 8. The van der Waals surface area contributed by atoms with Crippen LogP contribution in [0.5, 0.6) is 17.2 Å². The SMILES string of the molecule is CC1CC(=O)N(Cc2c(O)cc(C(=N)N)cc2Oc2ccc(-c3nnc(C(C)(C)O)s3)cc2)C1. The first kappa shape index (κ1) is 23.7. The molecule has 2 heterocycles. The first-order valence-electron chi connectivity index (χ1n) is 10.8. The van der Waals surface area contributed by atoms with Crippen molar-refractivity contribution >= 4 is 23.1 Å². The van der Waals surface area contributed by atoms with Gasteiger partial charge in [-0.3, -0.25) is 10.2 Å². The number of rotatable bonds is 7. The molecule has 0 bridgehead atoms. The Balaban J connectivity index is 1.61. The number of ether oxygens (including phenoxy) is 1. The molecular weight excluding hydrogens is 454 g/mol. The molecule has 4 rings (SSSR count). The van der Waals surface area contributed by atoms with Crippen LogP contribution in [0.2, 0.25) is 0 Å². The number of amides is 1. The zero-order chi connectivity index (χ0) is 24.6. The predicted octanol–water partition coefficient (Wildman–Crippen LogP) is 3.58. The number of carbonyl (C=O) groups excluding carboxylic acids is 1. The number of nitrogens with zero attached hydrogens (tertiary/aromatic N) is 3. The molecule has 0 saturated carbocycles. The number of amidine groups is 1. The van der Waals surface area contributed by atoms with E-state index in [0.29, 0.717) is 45.6 Å². The summed E-state index contributed by atoms with van der Waals surface area (Å²) in [6.45, 7) is 6.14. The summed E-state index contributed by atoms with van der Waals surface area (Å²) in [5.74, 6) is 0.816. The number of nitrogens with two attached hydrogens (primary N) is 1. The number of aromatic hydroxyl groups is 1. The van der Waals surface area contributed by atoms with Crippen molar-refractivity contribution in [2.45, 2.75) is 39.3 Å². The number of phenols is 1. The molecule has 0 aliphatic carbocycles. The molecule has 0 spiro atoms. The summed E-state index contributed by atoms with van der Waals surface area (Å²) in [5, 5.41) is 37.9. The Morgan fingerprint density at radius 1 is 1.29 bits per heavy atom. The highest BCUT2D eigenvalue weighted by molar-refractivity contribution is 7.14. The van der Waals surface area contributed by atoms with E-state index in [1.807, 2.05) is 19.1 Å². The third-order valence-corrected chi connectivity index (χ3v) is 6.82. The van der Waals surface area contributed by atoms with E-state index in [1.54, 1.807) is 36.9 Å². The van der Waals surface area contributed by atoms with Crippen LogP contribution < -0.4 is 10.5 Å². The molecular formula is C24H27N5O4S. The molecule has 1 saturated heterocycles. The van der Waals surface area contributed by atoms with Gasteiger partial charge in [-0.15, -0.1) is 10.2 Å². The number of phenolic OH excluding ortho intramolecular Hbond substituents is 1. The van der Waals surface area contributed by atoms with Gasteiger partial charge in [0.2, 0.25) is 5.91 Å². The summed E-state index contributed by atoms with van der Waals surface area (Å²) in [5.41, 5.74) is 6.17. The van der Waals surface area contributed by atoms with E-state index in [0.717, 1.165) is 5.56 Å². The van der Waals surface area contributed by atoms with Crippen molar-refractivity contribution < 1.29 is 19.7 Å². The van der Waals surface area contributed by atoms with Crippen LogP contribution in [-0.2, 0) is 16.9 Å². The molecule has 1 unspecified atom stereocenters. The van der Waals surface area contributed by atoms with Crippen molar-refractivity contribution in [3.8, 4) is 27.8 Å². The molecule has 3 aromatic rings. The molecule has 5 N–H and O–H groups in total. The summed E-state index contributed by atoms with van der Waals surface area (Å²) in [6.07, 6.45) is 0.477. The Bertz CT molecular complexity index is 1230. The highest BCUT2D eigenvalue weighted by Gasteiger charge is 2.28. The average molecular weight is 482 g/mol. The van der Waals surface area contributed by atoms with Crippen LogP contribution in [0, 0.1) is 11.3 Å². The first-order valence-corrected chi connectivity index (χ1v) is 11.7. The predicted molar refractivity (Wildman–Crippen MR) is 129 cm³/mol. The molecule has 178 valence electrons. The van der Waals surface area contributed by atoms with Crippen molar-refractivity contribution in [3.63, 3.8) is 0 Å². The Labute approximate surface area is 201 Å². The summed E-state index contributed by atoms with van der Waals surface area (Å²) in [4.78, 5) is 14.0. The lowest BCUT2D eigenvalue weighted by Crippen LogP contribution is -2.25. The van der Waals surface area contributed by atoms with Gasteiger partial charge in [0.05, 0.1) is 12.1 Å². The molecule has 1 aliphatic heterocycles. The topological polar surface area (TPSA) is 146 Å². The minimum Gasteiger partial charge on any atom is -0.507 e. The van der Waals surface area contributed by atoms with Gasteiger partial charge in [-0.1, -0.05) is 18.3 Å². The lowest BCUT2D eigenvalue weighted by molar-refractivity contribution is -0.128. The van der Waals surface area contributed by atoms with Gasteiger partial charge in [0.25, 0.3) is 0 Å². The van der Waals surface area contributed by atoms with Gasteiger partial charge in [0.1, 0.15) is 38.7 Å². The Kier molecular flexibility index (Phi) is 6.28. The van der Waals surface area contributed by atoms with Crippen molar-refractivity contribution in [1.82, 2.24) is 15.1 Å². The van der Waals surface area contributed by atoms with Crippen LogP contribution >= 0.6 is 11.3 Å². The van der Waals surface area contributed by atoms with E-state index in [-0.39, 0.29) is 30.0 Å². The van der Waals surface area contributed by atoms with E-state index in [9.17, 15) is 15.0 Å².